The molecule has 0 spiro atoms. The number of hydrogen-bond acceptors (Lipinski definition) is 4. The number of aromatic nitrogens is 3. The molecule has 13 heteroatoms. The molecule has 3 rings (SSSR count). The number of rotatable bonds is 4. The molecule has 1 heterocycles. The average molecular weight is 434 g/mol. The third kappa shape index (κ3) is 4.85. The number of carbonyl (C=O) groups is 1. The predicted molar refractivity (Wildman–Crippen MR) is 87.4 cm³/mol. The van der Waals surface area contributed by atoms with Crippen LogP contribution in [0.2, 0.25) is 0 Å². The van der Waals surface area contributed by atoms with Crippen molar-refractivity contribution in [1.82, 2.24) is 15.0 Å². The Kier molecular flexibility index (Phi) is 5.37. The Morgan fingerprint density at radius 3 is 2.27 bits per heavy atom. The van der Waals surface area contributed by atoms with Gasteiger partial charge >= 0.3 is 12.5 Å². The minimum atomic E-state index is -5.08. The molecule has 1 amide bonds. The number of benzene rings is 2. The highest BCUT2D eigenvalue weighted by atomic mass is 19.4. The lowest BCUT2D eigenvalue weighted by molar-refractivity contribution is -0.274. The van der Waals surface area contributed by atoms with Crippen molar-refractivity contribution in [3.05, 3.63) is 65.7 Å². The summed E-state index contributed by atoms with van der Waals surface area (Å²) in [5.41, 5.74) is -3.16. The Hall–Kier alpha value is -3.64. The van der Waals surface area contributed by atoms with Gasteiger partial charge in [0.15, 0.2) is 11.4 Å². The predicted octanol–water partition coefficient (Wildman–Crippen LogP) is 4.58. The Morgan fingerprint density at radius 1 is 1.00 bits per heavy atom. The Balaban J connectivity index is 1.93. The zero-order chi connectivity index (χ0) is 22.1. The SMILES string of the molecule is O=C(Nc1cccc(OC(F)(F)F)c1)c1nnn(-c2ccc(F)cc2)c1C(F)(F)F. The van der Waals surface area contributed by atoms with E-state index in [4.69, 9.17) is 0 Å². The number of hydrogen-bond donors (Lipinski definition) is 1. The van der Waals surface area contributed by atoms with Gasteiger partial charge in [0.05, 0.1) is 5.69 Å². The van der Waals surface area contributed by atoms with E-state index in [2.05, 4.69) is 15.0 Å². The van der Waals surface area contributed by atoms with Gasteiger partial charge in [0.25, 0.3) is 5.91 Å². The fourth-order valence-corrected chi connectivity index (χ4v) is 2.41. The molecule has 0 saturated carbocycles. The largest absolute Gasteiger partial charge is 0.573 e. The van der Waals surface area contributed by atoms with Crippen LogP contribution in [0.3, 0.4) is 0 Å². The van der Waals surface area contributed by atoms with Crippen molar-refractivity contribution in [2.75, 3.05) is 5.32 Å². The number of nitrogens with zero attached hydrogens (tertiary/aromatic N) is 3. The van der Waals surface area contributed by atoms with Gasteiger partial charge in [0.2, 0.25) is 0 Å². The van der Waals surface area contributed by atoms with Crippen LogP contribution in [0.5, 0.6) is 5.75 Å². The van der Waals surface area contributed by atoms with Crippen LogP contribution >= 0.6 is 0 Å². The monoisotopic (exact) mass is 434 g/mol. The molecular weight excluding hydrogens is 425 g/mol. The minimum absolute atomic E-state index is 0.212. The first-order valence-corrected chi connectivity index (χ1v) is 7.90. The van der Waals surface area contributed by atoms with Gasteiger partial charge in [0.1, 0.15) is 11.6 Å². The van der Waals surface area contributed by atoms with Crippen LogP contribution in [-0.2, 0) is 6.18 Å². The van der Waals surface area contributed by atoms with Gasteiger partial charge in [-0.2, -0.15) is 13.2 Å². The van der Waals surface area contributed by atoms with Gasteiger partial charge in [0, 0.05) is 11.8 Å². The molecule has 3 aromatic rings. The smallest absolute Gasteiger partial charge is 0.406 e. The summed E-state index contributed by atoms with van der Waals surface area (Å²) in [5, 5.41) is 8.55. The molecule has 0 atom stereocenters. The molecular formula is C17H9F7N4O2. The number of carbonyl (C=O) groups excluding carboxylic acids is 1. The van der Waals surface area contributed by atoms with Gasteiger partial charge < -0.3 is 10.1 Å². The summed E-state index contributed by atoms with van der Waals surface area (Å²) < 4.78 is 94.6. The fraction of sp³-hybridized carbons (Fsp3) is 0.118. The second-order valence-electron chi connectivity index (χ2n) is 5.70. The summed E-state index contributed by atoms with van der Waals surface area (Å²) >= 11 is 0. The molecule has 6 nitrogen and oxygen atoms in total. The number of anilines is 1. The molecule has 0 bridgehead atoms. The fourth-order valence-electron chi connectivity index (χ4n) is 2.41. The van der Waals surface area contributed by atoms with E-state index in [1.807, 2.05) is 5.32 Å². The summed E-state index contributed by atoms with van der Waals surface area (Å²) in [6, 6.07) is 7.72. The van der Waals surface area contributed by atoms with Crippen molar-refractivity contribution in [1.29, 1.82) is 0 Å². The molecule has 158 valence electrons. The molecule has 2 aromatic carbocycles. The van der Waals surface area contributed by atoms with E-state index in [1.165, 1.54) is 0 Å². The first kappa shape index (κ1) is 21.1. The van der Waals surface area contributed by atoms with Crippen molar-refractivity contribution < 1.29 is 40.3 Å². The van der Waals surface area contributed by atoms with Gasteiger partial charge in [-0.3, -0.25) is 4.79 Å². The van der Waals surface area contributed by atoms with Crippen LogP contribution < -0.4 is 10.1 Å². The van der Waals surface area contributed by atoms with Crippen molar-refractivity contribution in [2.24, 2.45) is 0 Å². The van der Waals surface area contributed by atoms with Crippen LogP contribution in [0, 0.1) is 5.82 Å². The Bertz CT molecular complexity index is 1060. The first-order chi connectivity index (χ1) is 13.9. The number of halogens is 7. The normalized spacial score (nSPS) is 12.0. The van der Waals surface area contributed by atoms with Gasteiger partial charge in [-0.1, -0.05) is 11.3 Å². The molecule has 30 heavy (non-hydrogen) atoms. The number of nitrogens with one attached hydrogen (secondary N) is 1. The molecule has 0 unspecified atom stereocenters. The minimum Gasteiger partial charge on any atom is -0.406 e. The molecule has 1 N–H and O–H groups in total. The van der Waals surface area contributed by atoms with E-state index in [1.54, 1.807) is 0 Å². The van der Waals surface area contributed by atoms with Gasteiger partial charge in [-0.05, 0) is 36.4 Å². The van der Waals surface area contributed by atoms with E-state index in [0.29, 0.717) is 4.68 Å². The lowest BCUT2D eigenvalue weighted by atomic mass is 10.2. The molecule has 0 fully saturated rings. The maximum absolute atomic E-state index is 13.6. The summed E-state index contributed by atoms with van der Waals surface area (Å²) in [6.07, 6.45) is -10.1. The summed E-state index contributed by atoms with van der Waals surface area (Å²) in [7, 11) is 0. The van der Waals surface area contributed by atoms with Crippen LogP contribution in [0.1, 0.15) is 16.2 Å². The average Bonchev–Trinajstić information content (AvgIpc) is 3.07. The maximum atomic E-state index is 13.6. The summed E-state index contributed by atoms with van der Waals surface area (Å²) in [5.74, 6) is -2.77. The topological polar surface area (TPSA) is 69.0 Å². The number of alkyl halides is 6. The molecule has 0 radical (unpaired) electrons. The van der Waals surface area contributed by atoms with E-state index in [-0.39, 0.29) is 11.4 Å². The standard InChI is InChI=1S/C17H9F7N4O2/c18-9-4-6-11(7-5-9)28-14(16(19,20)21)13(26-27-28)15(29)25-10-2-1-3-12(8-10)30-17(22,23)24/h1-8H,(H,25,29). The van der Waals surface area contributed by atoms with E-state index in [9.17, 15) is 35.5 Å². The second kappa shape index (κ2) is 7.65. The highest BCUT2D eigenvalue weighted by Crippen LogP contribution is 2.33. The molecule has 0 aliphatic heterocycles. The zero-order valence-corrected chi connectivity index (χ0v) is 14.4. The molecule has 0 aliphatic rings. The van der Waals surface area contributed by atoms with Crippen molar-refractivity contribution in [3.8, 4) is 11.4 Å². The van der Waals surface area contributed by atoms with Crippen LogP contribution in [0.4, 0.5) is 36.4 Å². The van der Waals surface area contributed by atoms with Gasteiger partial charge in [-0.15, -0.1) is 18.3 Å². The highest BCUT2D eigenvalue weighted by molar-refractivity contribution is 6.03. The number of amides is 1. The number of ether oxygens (including phenoxy) is 1. The van der Waals surface area contributed by atoms with Crippen molar-refractivity contribution in [3.63, 3.8) is 0 Å². The van der Waals surface area contributed by atoms with E-state index in [0.717, 1.165) is 48.5 Å². The molecule has 0 saturated heterocycles. The Labute approximate surface area is 162 Å². The lowest BCUT2D eigenvalue weighted by Crippen LogP contribution is -2.21. The zero-order valence-electron chi connectivity index (χ0n) is 14.4. The van der Waals surface area contributed by atoms with Crippen molar-refractivity contribution >= 4 is 11.6 Å². The summed E-state index contributed by atoms with van der Waals surface area (Å²) in [4.78, 5) is 12.3. The summed E-state index contributed by atoms with van der Waals surface area (Å²) in [6.45, 7) is 0. The van der Waals surface area contributed by atoms with E-state index >= 15 is 0 Å². The van der Waals surface area contributed by atoms with Gasteiger partial charge in [-0.25, -0.2) is 9.07 Å². The van der Waals surface area contributed by atoms with Crippen LogP contribution in [0.15, 0.2) is 48.5 Å². The molecule has 1 aromatic heterocycles. The van der Waals surface area contributed by atoms with Crippen LogP contribution in [0.25, 0.3) is 5.69 Å². The van der Waals surface area contributed by atoms with E-state index < -0.39 is 41.4 Å². The third-order valence-electron chi connectivity index (χ3n) is 3.55. The van der Waals surface area contributed by atoms with Crippen LogP contribution in [-0.4, -0.2) is 27.3 Å². The Morgan fingerprint density at radius 2 is 1.67 bits per heavy atom. The quantitative estimate of drug-likeness (QED) is 0.611. The lowest BCUT2D eigenvalue weighted by Gasteiger charge is -2.12. The van der Waals surface area contributed by atoms with Crippen molar-refractivity contribution in [2.45, 2.75) is 12.5 Å². The first-order valence-electron chi connectivity index (χ1n) is 7.90. The third-order valence-corrected chi connectivity index (χ3v) is 3.55. The molecule has 0 aliphatic carbocycles. The second-order valence-corrected chi connectivity index (χ2v) is 5.70. The highest BCUT2D eigenvalue weighted by Gasteiger charge is 2.42. The maximum Gasteiger partial charge on any atom is 0.573 e.